The normalized spacial score (nSPS) is 14.1. The first kappa shape index (κ1) is 18.1. The summed E-state index contributed by atoms with van der Waals surface area (Å²) in [4.78, 5) is 11.4. The highest BCUT2D eigenvalue weighted by molar-refractivity contribution is 7.86. The van der Waals surface area contributed by atoms with E-state index in [2.05, 4.69) is 5.32 Å². The van der Waals surface area contributed by atoms with Gasteiger partial charge in [-0.25, -0.2) is 4.39 Å². The molecule has 0 radical (unpaired) electrons. The number of carboxylic acid groups (broad SMARTS) is 1. The molecule has 0 saturated heterocycles. The minimum atomic E-state index is -4.78. The van der Waals surface area contributed by atoms with Gasteiger partial charge in [0.05, 0.1) is 0 Å². The second-order valence-corrected chi connectivity index (χ2v) is 6.67. The molecule has 0 amide bonds. The molecule has 8 heteroatoms. The molecule has 0 bridgehead atoms. The Morgan fingerprint density at radius 3 is 2.21 bits per heavy atom. The van der Waals surface area contributed by atoms with E-state index < -0.39 is 33.3 Å². The Balaban J connectivity index is 2.33. The van der Waals surface area contributed by atoms with Gasteiger partial charge >= 0.3 is 5.97 Å². The van der Waals surface area contributed by atoms with E-state index in [-0.39, 0.29) is 12.0 Å². The number of nitrogens with one attached hydrogen (secondary N) is 1. The van der Waals surface area contributed by atoms with Gasteiger partial charge in [-0.3, -0.25) is 14.7 Å². The van der Waals surface area contributed by atoms with E-state index in [1.807, 2.05) is 0 Å². The third-order valence-corrected chi connectivity index (χ3v) is 4.40. The number of benzene rings is 2. The molecule has 2 unspecified atom stereocenters. The molecule has 0 heterocycles. The fourth-order valence-corrected chi connectivity index (χ4v) is 3.12. The van der Waals surface area contributed by atoms with Gasteiger partial charge in [0.25, 0.3) is 10.1 Å². The molecular formula is C16H16FNO5S. The Bertz CT molecular complexity index is 810. The van der Waals surface area contributed by atoms with Gasteiger partial charge in [0.2, 0.25) is 0 Å². The molecule has 0 fully saturated rings. The standard InChI is InChI=1S/C16H16FNO5S/c17-13-9-5-4-8-12(13)15(24(21,22)23)18-14(16(19)20)10-11-6-2-1-3-7-11/h1-9,14-15,18H,10H2,(H,19,20)(H,21,22,23). The molecule has 0 aromatic heterocycles. The highest BCUT2D eigenvalue weighted by Gasteiger charge is 2.32. The van der Waals surface area contributed by atoms with Gasteiger partial charge < -0.3 is 5.11 Å². The maximum Gasteiger partial charge on any atom is 0.321 e. The third kappa shape index (κ3) is 4.60. The summed E-state index contributed by atoms with van der Waals surface area (Å²) in [6, 6.07) is 12.2. The summed E-state index contributed by atoms with van der Waals surface area (Å²) in [5, 5.41) is 9.77. The number of halogens is 1. The van der Waals surface area contributed by atoms with Crippen LogP contribution in [0.15, 0.2) is 54.6 Å². The van der Waals surface area contributed by atoms with Gasteiger partial charge in [-0.15, -0.1) is 0 Å². The van der Waals surface area contributed by atoms with Crippen LogP contribution >= 0.6 is 0 Å². The van der Waals surface area contributed by atoms with E-state index in [0.717, 1.165) is 6.07 Å². The number of aliphatic carboxylic acids is 1. The smallest absolute Gasteiger partial charge is 0.321 e. The van der Waals surface area contributed by atoms with Crippen LogP contribution in [0.1, 0.15) is 16.5 Å². The Hall–Kier alpha value is -2.29. The number of rotatable bonds is 7. The molecule has 0 aliphatic heterocycles. The second-order valence-electron chi connectivity index (χ2n) is 5.16. The number of hydrogen-bond acceptors (Lipinski definition) is 4. The molecule has 6 nitrogen and oxygen atoms in total. The lowest BCUT2D eigenvalue weighted by Gasteiger charge is -2.22. The fourth-order valence-electron chi connectivity index (χ4n) is 2.27. The van der Waals surface area contributed by atoms with Crippen molar-refractivity contribution in [1.82, 2.24) is 5.32 Å². The van der Waals surface area contributed by atoms with Crippen molar-refractivity contribution in [2.75, 3.05) is 0 Å². The molecule has 3 N–H and O–H groups in total. The van der Waals surface area contributed by atoms with E-state index in [1.165, 1.54) is 18.2 Å². The van der Waals surface area contributed by atoms with E-state index in [4.69, 9.17) is 0 Å². The van der Waals surface area contributed by atoms with Crippen LogP contribution in [0, 0.1) is 5.82 Å². The van der Waals surface area contributed by atoms with Gasteiger partial charge in [-0.1, -0.05) is 48.5 Å². The Kier molecular flexibility index (Phi) is 5.66. The number of carboxylic acids is 1. The maximum absolute atomic E-state index is 13.9. The van der Waals surface area contributed by atoms with Crippen molar-refractivity contribution >= 4 is 16.1 Å². The molecule has 2 aromatic carbocycles. The SMILES string of the molecule is O=C(O)C(Cc1ccccc1)NC(c1ccccc1F)S(=O)(=O)O. The topological polar surface area (TPSA) is 104 Å². The molecule has 2 aromatic rings. The van der Waals surface area contributed by atoms with Crippen molar-refractivity contribution in [3.05, 3.63) is 71.5 Å². The van der Waals surface area contributed by atoms with Crippen LogP contribution in [0.4, 0.5) is 4.39 Å². The second kappa shape index (κ2) is 7.52. The molecule has 2 atom stereocenters. The van der Waals surface area contributed by atoms with Crippen LogP contribution in [-0.2, 0) is 21.3 Å². The first-order chi connectivity index (χ1) is 11.3. The zero-order chi connectivity index (χ0) is 17.7. The van der Waals surface area contributed by atoms with Crippen molar-refractivity contribution in [3.8, 4) is 0 Å². The van der Waals surface area contributed by atoms with Crippen LogP contribution in [0.5, 0.6) is 0 Å². The van der Waals surface area contributed by atoms with Crippen molar-refractivity contribution in [3.63, 3.8) is 0 Å². The fraction of sp³-hybridized carbons (Fsp3) is 0.188. The average molecular weight is 353 g/mol. The molecule has 0 aliphatic rings. The first-order valence-corrected chi connectivity index (χ1v) is 8.53. The van der Waals surface area contributed by atoms with Crippen LogP contribution in [0.2, 0.25) is 0 Å². The van der Waals surface area contributed by atoms with Gasteiger partial charge in [-0.2, -0.15) is 8.42 Å². The Labute approximate surface area is 138 Å². The highest BCUT2D eigenvalue weighted by atomic mass is 32.2. The zero-order valence-corrected chi connectivity index (χ0v) is 13.3. The summed E-state index contributed by atoms with van der Waals surface area (Å²) in [7, 11) is -4.78. The predicted molar refractivity (Wildman–Crippen MR) is 85.4 cm³/mol. The summed E-state index contributed by atoms with van der Waals surface area (Å²) in [6.07, 6.45) is -0.0311. The van der Waals surface area contributed by atoms with Crippen LogP contribution in [-0.4, -0.2) is 30.1 Å². The minimum absolute atomic E-state index is 0.0311. The van der Waals surface area contributed by atoms with Crippen LogP contribution in [0.25, 0.3) is 0 Å². The summed E-state index contributed by atoms with van der Waals surface area (Å²) < 4.78 is 46.5. The highest BCUT2D eigenvalue weighted by Crippen LogP contribution is 2.23. The van der Waals surface area contributed by atoms with E-state index in [0.29, 0.717) is 5.56 Å². The van der Waals surface area contributed by atoms with E-state index >= 15 is 0 Å². The van der Waals surface area contributed by atoms with Crippen molar-refractivity contribution < 1.29 is 27.3 Å². The summed E-state index contributed by atoms with van der Waals surface area (Å²) in [5.41, 5.74) is 0.305. The molecule has 128 valence electrons. The lowest BCUT2D eigenvalue weighted by Crippen LogP contribution is -2.43. The molecule has 2 rings (SSSR count). The van der Waals surface area contributed by atoms with E-state index in [1.54, 1.807) is 30.3 Å². The summed E-state index contributed by atoms with van der Waals surface area (Å²) in [6.45, 7) is 0. The predicted octanol–water partition coefficient (Wildman–Crippen LogP) is 2.00. The summed E-state index contributed by atoms with van der Waals surface area (Å²) >= 11 is 0. The molecular weight excluding hydrogens is 337 g/mol. The lowest BCUT2D eigenvalue weighted by atomic mass is 10.1. The molecule has 0 saturated carbocycles. The van der Waals surface area contributed by atoms with Crippen molar-refractivity contribution in [1.29, 1.82) is 0 Å². The Morgan fingerprint density at radius 1 is 1.08 bits per heavy atom. The number of hydrogen-bond donors (Lipinski definition) is 3. The third-order valence-electron chi connectivity index (χ3n) is 3.42. The number of carbonyl (C=O) groups is 1. The van der Waals surface area contributed by atoms with Crippen molar-refractivity contribution in [2.24, 2.45) is 0 Å². The molecule has 0 spiro atoms. The quantitative estimate of drug-likeness (QED) is 0.658. The molecule has 24 heavy (non-hydrogen) atoms. The largest absolute Gasteiger partial charge is 0.480 e. The first-order valence-electron chi connectivity index (χ1n) is 7.02. The lowest BCUT2D eigenvalue weighted by molar-refractivity contribution is -0.139. The minimum Gasteiger partial charge on any atom is -0.480 e. The monoisotopic (exact) mass is 353 g/mol. The van der Waals surface area contributed by atoms with Gasteiger partial charge in [0.15, 0.2) is 5.37 Å². The van der Waals surface area contributed by atoms with Gasteiger partial charge in [-0.05, 0) is 18.1 Å². The van der Waals surface area contributed by atoms with Gasteiger partial charge in [0, 0.05) is 5.56 Å². The zero-order valence-electron chi connectivity index (χ0n) is 12.5. The van der Waals surface area contributed by atoms with Crippen LogP contribution in [0.3, 0.4) is 0 Å². The van der Waals surface area contributed by atoms with Crippen LogP contribution < -0.4 is 5.32 Å². The Morgan fingerprint density at radius 2 is 1.67 bits per heavy atom. The van der Waals surface area contributed by atoms with Gasteiger partial charge in [0.1, 0.15) is 11.9 Å². The van der Waals surface area contributed by atoms with Crippen molar-refractivity contribution in [2.45, 2.75) is 17.8 Å². The molecule has 0 aliphatic carbocycles. The summed E-state index contributed by atoms with van der Waals surface area (Å²) in [5.74, 6) is -2.18. The van der Waals surface area contributed by atoms with E-state index in [9.17, 15) is 27.3 Å². The average Bonchev–Trinajstić information content (AvgIpc) is 2.52. The maximum atomic E-state index is 13.9.